The van der Waals surface area contributed by atoms with Crippen molar-refractivity contribution in [1.82, 2.24) is 0 Å². The van der Waals surface area contributed by atoms with Crippen molar-refractivity contribution in [2.24, 2.45) is 0 Å². The van der Waals surface area contributed by atoms with Crippen molar-refractivity contribution in [2.45, 2.75) is 60.3 Å². The largest absolute Gasteiger partial charge is 1.00 e. The summed E-state index contributed by atoms with van der Waals surface area (Å²) < 4.78 is 222. The van der Waals surface area contributed by atoms with E-state index in [0.717, 1.165) is 0 Å². The van der Waals surface area contributed by atoms with Gasteiger partial charge < -0.3 is 4.55 Å². The molecule has 0 unspecified atom stereocenters. The molecule has 0 rings (SSSR count). The second-order valence-corrected chi connectivity index (χ2v) is 6.86. The van der Waals surface area contributed by atoms with Gasteiger partial charge in [-0.25, -0.2) is 8.42 Å². The summed E-state index contributed by atoms with van der Waals surface area (Å²) in [6.45, 7) is 0. The van der Waals surface area contributed by atoms with Crippen molar-refractivity contribution in [3.63, 3.8) is 0 Å². The van der Waals surface area contributed by atoms with Crippen LogP contribution in [0.5, 0.6) is 0 Å². The standard InChI is InChI=1S/C10H7F15O3S.Li/c11-4(12,2-1-3-5(13,14)15)6(16,17)7(18,19)8(20,21)9(22,23)10(24,25)29(26,27)28;/h1-3H2,(H,26,27,28);/q;+1/p-1. The number of rotatable bonds is 9. The zero-order chi connectivity index (χ0) is 24.1. The zero-order valence-electron chi connectivity index (χ0n) is 13.9. The van der Waals surface area contributed by atoms with Gasteiger partial charge in [0.15, 0.2) is 10.1 Å². The van der Waals surface area contributed by atoms with Crippen molar-refractivity contribution in [3.05, 3.63) is 0 Å². The maximum atomic E-state index is 13.2. The third-order valence-corrected chi connectivity index (χ3v) is 4.16. The Bertz CT molecular complexity index is 700. The van der Waals surface area contributed by atoms with E-state index in [4.69, 9.17) is 0 Å². The first-order chi connectivity index (χ1) is 12.2. The molecular formula is C10H6F15LiO3S. The maximum Gasteiger partial charge on any atom is 1.00 e. The van der Waals surface area contributed by atoms with Crippen molar-refractivity contribution < 1.29 is 97.7 Å². The molecular weight excluding hydrogens is 492 g/mol. The molecule has 30 heavy (non-hydrogen) atoms. The quantitative estimate of drug-likeness (QED) is 0.278. The molecule has 0 saturated heterocycles. The van der Waals surface area contributed by atoms with Gasteiger partial charge in [0.25, 0.3) is 0 Å². The Hall–Kier alpha value is -0.543. The van der Waals surface area contributed by atoms with E-state index in [1.807, 2.05) is 0 Å². The summed E-state index contributed by atoms with van der Waals surface area (Å²) >= 11 is 0. The van der Waals surface area contributed by atoms with E-state index >= 15 is 0 Å². The molecule has 0 aromatic heterocycles. The topological polar surface area (TPSA) is 57.2 Å². The van der Waals surface area contributed by atoms with E-state index in [1.54, 1.807) is 0 Å². The van der Waals surface area contributed by atoms with Gasteiger partial charge in [0.2, 0.25) is 0 Å². The Balaban J connectivity index is 0. The van der Waals surface area contributed by atoms with E-state index in [0.29, 0.717) is 0 Å². The zero-order valence-corrected chi connectivity index (χ0v) is 14.7. The molecule has 0 saturated carbocycles. The molecule has 0 aliphatic heterocycles. The van der Waals surface area contributed by atoms with Crippen LogP contribution in [-0.2, 0) is 10.1 Å². The molecule has 0 bridgehead atoms. The van der Waals surface area contributed by atoms with Gasteiger partial charge in [0, 0.05) is 12.8 Å². The van der Waals surface area contributed by atoms with Crippen LogP contribution in [-0.4, -0.2) is 54.0 Å². The van der Waals surface area contributed by atoms with Crippen LogP contribution in [0, 0.1) is 0 Å². The van der Waals surface area contributed by atoms with Crippen LogP contribution in [0.25, 0.3) is 0 Å². The van der Waals surface area contributed by atoms with E-state index in [1.165, 1.54) is 0 Å². The van der Waals surface area contributed by atoms with Crippen molar-refractivity contribution >= 4 is 10.1 Å². The third-order valence-electron chi connectivity index (χ3n) is 3.27. The minimum atomic E-state index is -8.29. The maximum absolute atomic E-state index is 13.2. The molecule has 20 heteroatoms. The average Bonchev–Trinajstić information content (AvgIpc) is 2.43. The summed E-state index contributed by atoms with van der Waals surface area (Å²) in [5.41, 5.74) is 0. The van der Waals surface area contributed by atoms with E-state index in [-0.39, 0.29) is 18.9 Å². The number of hydrogen-bond acceptors (Lipinski definition) is 3. The number of alkyl halides is 15. The molecule has 0 radical (unpaired) electrons. The first kappa shape index (κ1) is 31.6. The summed E-state index contributed by atoms with van der Waals surface area (Å²) in [6.07, 6.45) is -12.7. The van der Waals surface area contributed by atoms with Gasteiger partial charge in [-0.1, -0.05) is 0 Å². The summed E-state index contributed by atoms with van der Waals surface area (Å²) in [5.74, 6) is -38.9. The molecule has 0 heterocycles. The normalized spacial score (nSPS) is 15.7. The number of hydrogen-bond donors (Lipinski definition) is 0. The van der Waals surface area contributed by atoms with E-state index in [9.17, 15) is 78.8 Å². The molecule has 0 fully saturated rings. The predicted octanol–water partition coefficient (Wildman–Crippen LogP) is 2.04. The molecule has 0 aliphatic rings. The molecule has 0 aliphatic carbocycles. The first-order valence-electron chi connectivity index (χ1n) is 6.50. The molecule has 0 amide bonds. The molecule has 3 nitrogen and oxygen atoms in total. The van der Waals surface area contributed by atoms with Crippen molar-refractivity contribution in [3.8, 4) is 0 Å². The van der Waals surface area contributed by atoms with E-state index < -0.39 is 70.4 Å². The van der Waals surface area contributed by atoms with Gasteiger partial charge in [-0.2, -0.15) is 65.9 Å². The van der Waals surface area contributed by atoms with Crippen LogP contribution in [0.4, 0.5) is 65.9 Å². The van der Waals surface area contributed by atoms with Gasteiger partial charge >= 0.3 is 59.9 Å². The summed E-state index contributed by atoms with van der Waals surface area (Å²) in [4.78, 5) is 0. The van der Waals surface area contributed by atoms with Crippen LogP contribution >= 0.6 is 0 Å². The Morgan fingerprint density at radius 2 is 0.900 bits per heavy atom. The summed E-state index contributed by atoms with van der Waals surface area (Å²) in [5, 5.41) is -7.67. The Kier molecular flexibility index (Phi) is 8.89. The van der Waals surface area contributed by atoms with E-state index in [2.05, 4.69) is 0 Å². The monoisotopic (exact) mass is 498 g/mol. The van der Waals surface area contributed by atoms with Gasteiger partial charge in [-0.3, -0.25) is 0 Å². The van der Waals surface area contributed by atoms with Gasteiger partial charge in [0.1, 0.15) is 0 Å². The van der Waals surface area contributed by atoms with Crippen LogP contribution < -0.4 is 18.9 Å². The first-order valence-corrected chi connectivity index (χ1v) is 7.90. The van der Waals surface area contributed by atoms with Gasteiger partial charge in [-0.15, -0.1) is 0 Å². The molecule has 0 spiro atoms. The van der Waals surface area contributed by atoms with Crippen molar-refractivity contribution in [1.29, 1.82) is 0 Å². The average molecular weight is 498 g/mol. The van der Waals surface area contributed by atoms with Crippen LogP contribution in [0.1, 0.15) is 19.3 Å². The fourth-order valence-corrected chi connectivity index (χ4v) is 2.07. The molecule has 0 aromatic carbocycles. The molecule has 0 N–H and O–H groups in total. The summed E-state index contributed by atoms with van der Waals surface area (Å²) in [7, 11) is -7.92. The minimum Gasteiger partial charge on any atom is -0.743 e. The Morgan fingerprint density at radius 3 is 1.20 bits per heavy atom. The molecule has 0 atom stereocenters. The fraction of sp³-hybridized carbons (Fsp3) is 1.00. The summed E-state index contributed by atoms with van der Waals surface area (Å²) in [6, 6.07) is 0. The van der Waals surface area contributed by atoms with Crippen LogP contribution in [0.3, 0.4) is 0 Å². The van der Waals surface area contributed by atoms with Crippen LogP contribution in [0.15, 0.2) is 0 Å². The Morgan fingerprint density at radius 1 is 0.567 bits per heavy atom. The minimum absolute atomic E-state index is 0. The second-order valence-electron chi connectivity index (χ2n) is 5.44. The molecule has 0 aromatic rings. The van der Waals surface area contributed by atoms with Crippen LogP contribution in [0.2, 0.25) is 0 Å². The molecule has 176 valence electrons. The second kappa shape index (κ2) is 8.43. The smallest absolute Gasteiger partial charge is 0.743 e. The van der Waals surface area contributed by atoms with Crippen molar-refractivity contribution in [2.75, 3.05) is 0 Å². The SMILES string of the molecule is O=S(=O)([O-])C(F)(F)C(F)(F)C(F)(F)C(F)(F)C(F)(F)C(F)(F)CCCC(F)(F)F.[Li+]. The van der Waals surface area contributed by atoms with Gasteiger partial charge in [-0.05, 0) is 6.42 Å². The fourth-order valence-electron chi connectivity index (χ4n) is 1.63. The Labute approximate surface area is 168 Å². The number of halogens is 15. The third kappa shape index (κ3) is 5.09. The van der Waals surface area contributed by atoms with Gasteiger partial charge in [0.05, 0.1) is 0 Å². The predicted molar refractivity (Wildman–Crippen MR) is 59.3 cm³/mol.